The first-order valence-corrected chi connectivity index (χ1v) is 24.5. The Bertz CT molecular complexity index is 3870. The van der Waals surface area contributed by atoms with Crippen molar-refractivity contribution in [3.05, 3.63) is 179 Å². The average molecular weight is 910 g/mol. The molecule has 10 aromatic rings. The van der Waals surface area contributed by atoms with E-state index in [1.165, 1.54) is 43.1 Å². The third-order valence-corrected chi connectivity index (χ3v) is 13.5. The van der Waals surface area contributed by atoms with E-state index < -0.39 is 5.91 Å². The van der Waals surface area contributed by atoms with Crippen molar-refractivity contribution in [2.45, 2.75) is 47.5 Å². The Hall–Kier alpha value is -7.61. The fraction of sp³-hybridized carbons (Fsp3) is 0.143. The highest BCUT2D eigenvalue weighted by Gasteiger charge is 2.69. The molecular weight excluding hydrogens is 865 g/mol. The quantitative estimate of drug-likeness (QED) is 0.0745. The van der Waals surface area contributed by atoms with Crippen LogP contribution in [0.3, 0.4) is 0 Å². The zero-order chi connectivity index (χ0) is 46.6. The van der Waals surface area contributed by atoms with E-state index in [4.69, 9.17) is 25.2 Å². The summed E-state index contributed by atoms with van der Waals surface area (Å²) < 4.78 is 13.3. The van der Waals surface area contributed by atoms with Crippen LogP contribution in [0.4, 0.5) is 11.6 Å². The molecule has 6 aliphatic heterocycles. The molecule has 6 aliphatic rings. The molecule has 68 heavy (non-hydrogen) atoms. The first kappa shape index (κ1) is 41.8. The zero-order valence-corrected chi connectivity index (χ0v) is 39.4. The molecule has 8 heterocycles. The minimum atomic E-state index is -1.06. The van der Waals surface area contributed by atoms with Crippen LogP contribution in [0, 0.1) is 0 Å². The van der Waals surface area contributed by atoms with Crippen molar-refractivity contribution >= 4 is 112 Å². The molecule has 0 fully saturated rings. The molecule has 0 bridgehead atoms. The summed E-state index contributed by atoms with van der Waals surface area (Å²) in [5.74, 6) is 4.21. The summed E-state index contributed by atoms with van der Waals surface area (Å²) in [4.78, 5) is 22.9. The van der Waals surface area contributed by atoms with Gasteiger partial charge in [0.05, 0.1) is 22.3 Å². The van der Waals surface area contributed by atoms with Crippen LogP contribution in [0.2, 0.25) is 0 Å². The molecule has 0 atom stereocenters. The Labute approximate surface area is 395 Å². The van der Waals surface area contributed by atoms with Gasteiger partial charge in [0.15, 0.2) is 0 Å². The molecule has 0 amide bonds. The number of hydrogen-bond donors (Lipinski definition) is 0. The molecule has 0 aliphatic carbocycles. The lowest BCUT2D eigenvalue weighted by Crippen LogP contribution is -2.71. The van der Waals surface area contributed by atoms with Gasteiger partial charge in [0, 0.05) is 39.8 Å². The van der Waals surface area contributed by atoms with Crippen molar-refractivity contribution in [1.29, 1.82) is 0 Å². The lowest BCUT2D eigenvalue weighted by Gasteiger charge is -2.40. The fourth-order valence-corrected chi connectivity index (χ4v) is 10.9. The molecule has 0 saturated heterocycles. The average Bonchev–Trinajstić information content (AvgIpc) is 4.10. The number of aromatic nitrogens is 2. The summed E-state index contributed by atoms with van der Waals surface area (Å²) >= 11 is 0.867. The standard InChI is InChI=1S/C49H24N8.3C2H6.CH4O3S/c1-2-10-26-18-34-33(17-25(26)9-1)41-50-43-35-19-27-11-3-4-12-28(27)20-36(35)45-52-47-39-23-31-15-7-8-16-32(31)24-40(39)48-53-46-38-22-30-14-6-5-13-29(30)21-37(38)44-51-42(34)54(41)49(55(43)45,56(44)46)57(47)48;3*1-2;1-5-4-3-2/h1-24H;3*1-2H3;2H,1H3/q+2;;;;/p-1. The second-order valence-electron chi connectivity index (χ2n) is 16.3. The third kappa shape index (κ3) is 5.31. The maximum Gasteiger partial charge on any atom is 0.404 e. The zero-order valence-electron chi connectivity index (χ0n) is 38.6. The van der Waals surface area contributed by atoms with Gasteiger partial charge in [0.2, 0.25) is 22.6 Å². The monoisotopic (exact) mass is 909 g/mol. The van der Waals surface area contributed by atoms with Crippen LogP contribution in [-0.2, 0) is 15.3 Å². The van der Waals surface area contributed by atoms with E-state index in [9.17, 15) is 0 Å². The third-order valence-electron chi connectivity index (χ3n) is 13.3. The van der Waals surface area contributed by atoms with Gasteiger partial charge in [-0.1, -0.05) is 159 Å². The topological polar surface area (TPSA) is 107 Å². The summed E-state index contributed by atoms with van der Waals surface area (Å²) in [6, 6.07) is 52.9. The van der Waals surface area contributed by atoms with Crippen LogP contribution in [0.25, 0.3) is 64.6 Å². The summed E-state index contributed by atoms with van der Waals surface area (Å²) in [6.45, 7) is 12.0. The highest BCUT2D eigenvalue weighted by Crippen LogP contribution is 2.53. The number of benzene rings is 8. The minimum absolute atomic E-state index is 0.867. The predicted octanol–water partition coefficient (Wildman–Crippen LogP) is 10.9. The van der Waals surface area contributed by atoms with Crippen LogP contribution in [0.5, 0.6) is 0 Å². The van der Waals surface area contributed by atoms with Gasteiger partial charge in [-0.25, -0.2) is 0 Å². The largest absolute Gasteiger partial charge is 0.691 e. The van der Waals surface area contributed by atoms with E-state index in [1.54, 1.807) is 6.26 Å². The molecule has 2 aromatic heterocycles. The van der Waals surface area contributed by atoms with E-state index in [0.717, 1.165) is 102 Å². The van der Waals surface area contributed by atoms with Crippen molar-refractivity contribution < 1.29 is 23.8 Å². The maximum atomic E-state index is 8.79. The van der Waals surface area contributed by atoms with Crippen molar-refractivity contribution in [2.24, 2.45) is 20.0 Å². The van der Waals surface area contributed by atoms with E-state index in [2.05, 4.69) is 173 Å². The summed E-state index contributed by atoms with van der Waals surface area (Å²) in [7, 11) is 0. The lowest BCUT2D eigenvalue weighted by atomic mass is 10.0. The SMILES string of the molecule is CC.CC.CC.CSOO[O-].c1ccc2cc3c(cc2c1)C1=Nc2c4cc5ccccc5cc4c4n2C25n6c(c7cc8ccccc8cc7c6=NC6=[N+]2C(=N4)c2cc4ccccc4cc26)=NC3=[N+]15. The van der Waals surface area contributed by atoms with Gasteiger partial charge in [-0.2, -0.15) is 13.5 Å². The first-order chi connectivity index (χ1) is 33.6. The predicted molar refractivity (Wildman–Crippen MR) is 273 cm³/mol. The molecule has 1 spiro atoms. The van der Waals surface area contributed by atoms with Gasteiger partial charge >= 0.3 is 5.91 Å². The highest BCUT2D eigenvalue weighted by molar-refractivity contribution is 7.93. The van der Waals surface area contributed by atoms with Crippen LogP contribution in [0.1, 0.15) is 63.8 Å². The maximum absolute atomic E-state index is 8.79. The number of hydrogen-bond acceptors (Lipinski definition) is 8. The number of fused-ring (bicyclic) bond motifs is 16. The summed E-state index contributed by atoms with van der Waals surface area (Å²) in [5.41, 5.74) is 6.04. The van der Waals surface area contributed by atoms with Gasteiger partial charge in [0.25, 0.3) is 23.3 Å². The molecule has 332 valence electrons. The highest BCUT2D eigenvalue weighted by atomic mass is 32.2. The Morgan fingerprint density at radius 3 is 1.09 bits per heavy atom. The van der Waals surface area contributed by atoms with Gasteiger partial charge in [-0.3, -0.25) is 5.04 Å². The number of rotatable bonds is 2. The fourth-order valence-electron chi connectivity index (χ4n) is 10.9. The van der Waals surface area contributed by atoms with Crippen molar-refractivity contribution in [1.82, 2.24) is 9.13 Å². The first-order valence-electron chi connectivity index (χ1n) is 23.3. The molecule has 11 nitrogen and oxygen atoms in total. The second kappa shape index (κ2) is 15.7. The smallest absolute Gasteiger partial charge is 0.404 e. The summed E-state index contributed by atoms with van der Waals surface area (Å²) in [5, 5.41) is 25.3. The molecular formula is C56H45N8O3S+. The van der Waals surface area contributed by atoms with Gasteiger partial charge < -0.3 is 5.26 Å². The Balaban J connectivity index is 0.000000404. The molecule has 12 heteroatoms. The van der Waals surface area contributed by atoms with E-state index in [-0.39, 0.29) is 0 Å². The van der Waals surface area contributed by atoms with Crippen molar-refractivity contribution in [2.75, 3.05) is 6.26 Å². The Morgan fingerprint density at radius 2 is 0.765 bits per heavy atom. The van der Waals surface area contributed by atoms with Gasteiger partial charge in [0.1, 0.15) is 0 Å². The molecule has 8 aromatic carbocycles. The van der Waals surface area contributed by atoms with Crippen LogP contribution in [0.15, 0.2) is 166 Å². The lowest BCUT2D eigenvalue weighted by molar-refractivity contribution is -0.790. The summed E-state index contributed by atoms with van der Waals surface area (Å²) in [6.07, 6.45) is 1.58. The molecule has 0 N–H and O–H groups in total. The van der Waals surface area contributed by atoms with Crippen LogP contribution < -0.4 is 16.2 Å². The van der Waals surface area contributed by atoms with E-state index >= 15 is 0 Å². The van der Waals surface area contributed by atoms with Crippen molar-refractivity contribution in [3.63, 3.8) is 0 Å². The Morgan fingerprint density at radius 1 is 0.441 bits per heavy atom. The number of nitrogens with zero attached hydrogens (tertiary/aromatic N) is 8. The molecule has 0 radical (unpaired) electrons. The molecule has 0 saturated carbocycles. The number of amidine groups is 4. The normalized spacial score (nSPS) is 15.1. The Kier molecular flexibility index (Phi) is 9.68. The second-order valence-corrected chi connectivity index (χ2v) is 16.7. The van der Waals surface area contributed by atoms with Gasteiger partial charge in [-0.15, -0.1) is 9.15 Å². The van der Waals surface area contributed by atoms with Gasteiger partial charge in [-0.05, 0) is 91.6 Å². The van der Waals surface area contributed by atoms with Crippen LogP contribution >= 0.6 is 12.0 Å². The minimum Gasteiger partial charge on any atom is -0.691 e. The van der Waals surface area contributed by atoms with E-state index in [1.807, 2.05) is 41.5 Å². The number of aliphatic imine (C=N–C) groups is 2. The van der Waals surface area contributed by atoms with Crippen LogP contribution in [-0.4, -0.2) is 47.9 Å². The van der Waals surface area contributed by atoms with Crippen molar-refractivity contribution in [3.8, 4) is 0 Å². The molecule has 16 rings (SSSR count). The molecule has 0 unspecified atom stereocenters. The van der Waals surface area contributed by atoms with E-state index in [0.29, 0.717) is 0 Å².